The summed E-state index contributed by atoms with van der Waals surface area (Å²) in [5.41, 5.74) is -1.61. The van der Waals surface area contributed by atoms with E-state index in [9.17, 15) is 23.1 Å². The number of phenolic OH excluding ortho intramolecular Hbond substituents is 1. The summed E-state index contributed by atoms with van der Waals surface area (Å²) in [6.07, 6.45) is -4.66. The Labute approximate surface area is 110 Å². The standard InChI is InChI=1S/C14H8F3NO2/c15-14(16,17)10-6-7(19)5-9-12(10)18-11-4-2-1-3-8(11)13(9)20/h1-6,19H,(H,18,20). The fraction of sp³-hybridized carbons (Fsp3) is 0.0714. The summed E-state index contributed by atoms with van der Waals surface area (Å²) < 4.78 is 39.0. The lowest BCUT2D eigenvalue weighted by atomic mass is 10.1. The predicted molar refractivity (Wildman–Crippen MR) is 68.7 cm³/mol. The molecule has 1 heterocycles. The molecule has 3 aromatic rings. The molecule has 0 spiro atoms. The van der Waals surface area contributed by atoms with Crippen LogP contribution in [0.15, 0.2) is 41.2 Å². The third-order valence-electron chi connectivity index (χ3n) is 3.10. The third kappa shape index (κ3) is 1.80. The van der Waals surface area contributed by atoms with Crippen molar-refractivity contribution in [3.63, 3.8) is 0 Å². The zero-order chi connectivity index (χ0) is 14.5. The quantitative estimate of drug-likeness (QED) is 0.620. The fourth-order valence-corrected chi connectivity index (χ4v) is 2.23. The van der Waals surface area contributed by atoms with Crippen LogP contribution < -0.4 is 5.43 Å². The summed E-state index contributed by atoms with van der Waals surface area (Å²) in [5, 5.41) is 9.51. The Morgan fingerprint density at radius 3 is 2.45 bits per heavy atom. The van der Waals surface area contributed by atoms with Crippen molar-refractivity contribution in [2.24, 2.45) is 0 Å². The average molecular weight is 279 g/mol. The summed E-state index contributed by atoms with van der Waals surface area (Å²) in [7, 11) is 0. The van der Waals surface area contributed by atoms with E-state index in [1.165, 1.54) is 12.1 Å². The summed E-state index contributed by atoms with van der Waals surface area (Å²) >= 11 is 0. The van der Waals surface area contributed by atoms with Gasteiger partial charge in [0.2, 0.25) is 0 Å². The van der Waals surface area contributed by atoms with Gasteiger partial charge in [-0.15, -0.1) is 0 Å². The maximum absolute atomic E-state index is 13.0. The van der Waals surface area contributed by atoms with Gasteiger partial charge < -0.3 is 10.1 Å². The highest BCUT2D eigenvalue weighted by atomic mass is 19.4. The van der Waals surface area contributed by atoms with Crippen molar-refractivity contribution in [1.82, 2.24) is 4.98 Å². The monoisotopic (exact) mass is 279 g/mol. The van der Waals surface area contributed by atoms with Crippen LogP contribution in [0, 0.1) is 0 Å². The number of phenols is 1. The van der Waals surface area contributed by atoms with E-state index in [0.717, 1.165) is 6.07 Å². The van der Waals surface area contributed by atoms with Crippen LogP contribution in [0.25, 0.3) is 21.8 Å². The first kappa shape index (κ1) is 12.5. The minimum atomic E-state index is -4.66. The number of nitrogens with one attached hydrogen (secondary N) is 1. The van der Waals surface area contributed by atoms with Crippen LogP contribution >= 0.6 is 0 Å². The number of aromatic nitrogens is 1. The molecule has 0 unspecified atom stereocenters. The normalized spacial score (nSPS) is 12.2. The topological polar surface area (TPSA) is 53.1 Å². The number of fused-ring (bicyclic) bond motifs is 2. The highest BCUT2D eigenvalue weighted by Crippen LogP contribution is 2.36. The van der Waals surface area contributed by atoms with E-state index in [1.54, 1.807) is 12.1 Å². The number of hydrogen-bond donors (Lipinski definition) is 2. The van der Waals surface area contributed by atoms with E-state index in [0.29, 0.717) is 11.6 Å². The van der Waals surface area contributed by atoms with Gasteiger partial charge in [-0.25, -0.2) is 0 Å². The molecule has 2 aromatic carbocycles. The van der Waals surface area contributed by atoms with Crippen molar-refractivity contribution in [3.8, 4) is 5.75 Å². The minimum absolute atomic E-state index is 0.184. The molecule has 3 nitrogen and oxygen atoms in total. The first-order valence-electron chi connectivity index (χ1n) is 5.73. The summed E-state index contributed by atoms with van der Waals surface area (Å²) in [4.78, 5) is 14.8. The zero-order valence-corrected chi connectivity index (χ0v) is 9.95. The average Bonchev–Trinajstić information content (AvgIpc) is 2.38. The SMILES string of the molecule is O=c1c2ccccc2[nH]c2c(C(F)(F)F)cc(O)cc12. The maximum Gasteiger partial charge on any atom is 0.418 e. The van der Waals surface area contributed by atoms with E-state index in [4.69, 9.17) is 0 Å². The lowest BCUT2D eigenvalue weighted by Gasteiger charge is -2.12. The highest BCUT2D eigenvalue weighted by molar-refractivity contribution is 5.94. The fourth-order valence-electron chi connectivity index (χ4n) is 2.23. The Bertz CT molecular complexity index is 881. The molecule has 0 amide bonds. The molecule has 0 aliphatic carbocycles. The second-order valence-electron chi connectivity index (χ2n) is 4.41. The smallest absolute Gasteiger partial charge is 0.418 e. The Balaban J connectivity index is 2.58. The Morgan fingerprint density at radius 1 is 1.05 bits per heavy atom. The molecule has 6 heteroatoms. The second kappa shape index (κ2) is 4.00. The third-order valence-corrected chi connectivity index (χ3v) is 3.10. The number of rotatable bonds is 0. The van der Waals surface area contributed by atoms with Crippen molar-refractivity contribution in [2.75, 3.05) is 0 Å². The van der Waals surface area contributed by atoms with Crippen LogP contribution in [0.5, 0.6) is 5.75 Å². The van der Waals surface area contributed by atoms with Gasteiger partial charge in [-0.05, 0) is 24.3 Å². The lowest BCUT2D eigenvalue weighted by Crippen LogP contribution is -2.11. The number of aromatic amines is 1. The number of alkyl halides is 3. The molecule has 0 radical (unpaired) electrons. The molecule has 0 fully saturated rings. The van der Waals surface area contributed by atoms with Gasteiger partial charge in [-0.2, -0.15) is 13.2 Å². The number of aromatic hydroxyl groups is 1. The molecule has 0 aliphatic heterocycles. The molecule has 1 aromatic heterocycles. The van der Waals surface area contributed by atoms with Gasteiger partial charge in [0.25, 0.3) is 0 Å². The number of H-pyrrole nitrogens is 1. The Kier molecular flexibility index (Phi) is 2.50. The molecule has 20 heavy (non-hydrogen) atoms. The van der Waals surface area contributed by atoms with Crippen molar-refractivity contribution >= 4 is 21.8 Å². The molecule has 0 bridgehead atoms. The molecule has 2 N–H and O–H groups in total. The van der Waals surface area contributed by atoms with Crippen molar-refractivity contribution in [2.45, 2.75) is 6.18 Å². The lowest BCUT2D eigenvalue weighted by molar-refractivity contribution is -0.136. The molecule has 0 atom stereocenters. The van der Waals surface area contributed by atoms with Gasteiger partial charge in [-0.3, -0.25) is 4.79 Å². The Hall–Kier alpha value is -2.50. The van der Waals surface area contributed by atoms with Crippen LogP contribution in [-0.4, -0.2) is 10.1 Å². The van der Waals surface area contributed by atoms with Crippen LogP contribution in [0.2, 0.25) is 0 Å². The first-order valence-corrected chi connectivity index (χ1v) is 5.73. The van der Waals surface area contributed by atoms with E-state index < -0.39 is 22.9 Å². The first-order chi connectivity index (χ1) is 9.38. The van der Waals surface area contributed by atoms with Crippen molar-refractivity contribution in [1.29, 1.82) is 0 Å². The van der Waals surface area contributed by atoms with Gasteiger partial charge in [0.05, 0.1) is 16.5 Å². The van der Waals surface area contributed by atoms with Crippen LogP contribution in [0.4, 0.5) is 13.2 Å². The summed E-state index contributed by atoms with van der Waals surface area (Å²) in [6, 6.07) is 7.94. The van der Waals surface area contributed by atoms with E-state index in [1.807, 2.05) is 0 Å². The molecule has 3 rings (SSSR count). The summed E-state index contributed by atoms with van der Waals surface area (Å²) in [5.74, 6) is -0.592. The van der Waals surface area contributed by atoms with Crippen LogP contribution in [-0.2, 0) is 6.18 Å². The number of halogens is 3. The molecular formula is C14H8F3NO2. The maximum atomic E-state index is 13.0. The van der Waals surface area contributed by atoms with Gasteiger partial charge in [0.15, 0.2) is 5.43 Å². The van der Waals surface area contributed by atoms with E-state index in [2.05, 4.69) is 4.98 Å². The van der Waals surface area contributed by atoms with Gasteiger partial charge >= 0.3 is 6.18 Å². The van der Waals surface area contributed by atoms with E-state index in [-0.39, 0.29) is 16.3 Å². The number of benzene rings is 2. The second-order valence-corrected chi connectivity index (χ2v) is 4.41. The van der Waals surface area contributed by atoms with E-state index >= 15 is 0 Å². The molecular weight excluding hydrogens is 271 g/mol. The van der Waals surface area contributed by atoms with Gasteiger partial charge in [0.1, 0.15) is 5.75 Å². The molecule has 0 saturated carbocycles. The highest BCUT2D eigenvalue weighted by Gasteiger charge is 2.34. The Morgan fingerprint density at radius 2 is 1.75 bits per heavy atom. The number of hydrogen-bond acceptors (Lipinski definition) is 2. The summed E-state index contributed by atoms with van der Waals surface area (Å²) in [6.45, 7) is 0. The minimum Gasteiger partial charge on any atom is -0.508 e. The predicted octanol–water partition coefficient (Wildman–Crippen LogP) is 3.41. The molecule has 102 valence electrons. The zero-order valence-electron chi connectivity index (χ0n) is 9.95. The van der Waals surface area contributed by atoms with Crippen LogP contribution in [0.1, 0.15) is 5.56 Å². The van der Waals surface area contributed by atoms with Gasteiger partial charge in [-0.1, -0.05) is 12.1 Å². The number of pyridine rings is 1. The van der Waals surface area contributed by atoms with Crippen molar-refractivity contribution in [3.05, 3.63) is 52.2 Å². The van der Waals surface area contributed by atoms with Gasteiger partial charge in [0, 0.05) is 10.9 Å². The van der Waals surface area contributed by atoms with Crippen LogP contribution in [0.3, 0.4) is 0 Å². The van der Waals surface area contributed by atoms with Crippen molar-refractivity contribution < 1.29 is 18.3 Å². The molecule has 0 aliphatic rings. The number of para-hydroxylation sites is 1. The molecule has 0 saturated heterocycles. The largest absolute Gasteiger partial charge is 0.508 e.